The summed E-state index contributed by atoms with van der Waals surface area (Å²) in [5, 5.41) is 10.2. The second-order valence-electron chi connectivity index (χ2n) is 10.3. The zero-order chi connectivity index (χ0) is 26.6. The van der Waals surface area contributed by atoms with Crippen LogP contribution in [0.25, 0.3) is 38.9 Å². The van der Waals surface area contributed by atoms with E-state index in [1.54, 1.807) is 0 Å². The maximum absolute atomic E-state index is 4.72. The fraction of sp³-hybridized carbons (Fsp3) is 0.235. The van der Waals surface area contributed by atoms with Crippen molar-refractivity contribution in [2.24, 2.45) is 0 Å². The standard InChI is InChI=1S/C34H35N5/c1-3-24(13-14-25-11-7-5-8-12-25)21-26(4-2)27-15-16-30-28(22-27)33(38-37-30)31-23-29-32(17-18-35-34(29)36-31)39-19-9-6-10-20-39/h3-5,7-8,11-12,15-18,21-23H,1,6,9-10,13-14,19-20H2,2H3,(H,35,36)(H,37,38)/b24-21+,26-4+. The molecule has 0 atom stereocenters. The van der Waals surface area contributed by atoms with Crippen molar-refractivity contribution in [2.75, 3.05) is 18.0 Å². The number of pyridine rings is 1. The van der Waals surface area contributed by atoms with Gasteiger partial charge in [-0.2, -0.15) is 5.10 Å². The molecule has 39 heavy (non-hydrogen) atoms. The lowest BCUT2D eigenvalue weighted by Gasteiger charge is -2.29. The van der Waals surface area contributed by atoms with Gasteiger partial charge in [0.15, 0.2) is 0 Å². The van der Waals surface area contributed by atoms with E-state index in [2.05, 4.69) is 106 Å². The number of hydrogen-bond acceptors (Lipinski definition) is 3. The van der Waals surface area contributed by atoms with E-state index in [-0.39, 0.29) is 0 Å². The normalized spacial score (nSPS) is 14.8. The molecule has 0 unspecified atom stereocenters. The number of rotatable bonds is 8. The Kier molecular flexibility index (Phi) is 7.13. The third-order valence-corrected chi connectivity index (χ3v) is 7.82. The molecule has 5 nitrogen and oxygen atoms in total. The molecular weight excluding hydrogens is 478 g/mol. The largest absolute Gasteiger partial charge is 0.371 e. The minimum Gasteiger partial charge on any atom is -0.371 e. The number of aromatic nitrogens is 4. The predicted octanol–water partition coefficient (Wildman–Crippen LogP) is 8.25. The Balaban J connectivity index is 1.32. The molecule has 3 aromatic heterocycles. The highest BCUT2D eigenvalue weighted by Crippen LogP contribution is 2.34. The lowest BCUT2D eigenvalue weighted by atomic mass is 9.97. The van der Waals surface area contributed by atoms with Crippen molar-refractivity contribution in [1.29, 1.82) is 0 Å². The smallest absolute Gasteiger partial charge is 0.139 e. The summed E-state index contributed by atoms with van der Waals surface area (Å²) >= 11 is 0. The number of H-pyrrole nitrogens is 2. The molecule has 2 aromatic carbocycles. The minimum absolute atomic E-state index is 0.909. The average Bonchev–Trinajstić information content (AvgIpc) is 3.62. The summed E-state index contributed by atoms with van der Waals surface area (Å²) in [4.78, 5) is 10.7. The van der Waals surface area contributed by atoms with Crippen LogP contribution in [0.4, 0.5) is 5.69 Å². The number of nitrogens with zero attached hydrogens (tertiary/aromatic N) is 3. The first-order chi connectivity index (χ1) is 19.2. The Morgan fingerprint density at radius 2 is 1.85 bits per heavy atom. The van der Waals surface area contributed by atoms with Gasteiger partial charge in [0.2, 0.25) is 0 Å². The van der Waals surface area contributed by atoms with Gasteiger partial charge in [-0.25, -0.2) is 4.98 Å². The van der Waals surface area contributed by atoms with Crippen molar-refractivity contribution in [3.8, 4) is 11.4 Å². The van der Waals surface area contributed by atoms with Gasteiger partial charge in [-0.15, -0.1) is 0 Å². The topological polar surface area (TPSA) is 60.6 Å². The first-order valence-corrected chi connectivity index (χ1v) is 14.0. The van der Waals surface area contributed by atoms with E-state index in [0.717, 1.165) is 64.8 Å². The molecule has 0 bridgehead atoms. The number of allylic oxidation sites excluding steroid dienone is 5. The van der Waals surface area contributed by atoms with E-state index >= 15 is 0 Å². The van der Waals surface area contributed by atoms with Crippen molar-refractivity contribution < 1.29 is 0 Å². The highest BCUT2D eigenvalue weighted by atomic mass is 15.1. The van der Waals surface area contributed by atoms with Crippen LogP contribution in [0.3, 0.4) is 0 Å². The summed E-state index contributed by atoms with van der Waals surface area (Å²) in [5.41, 5.74) is 10.00. The van der Waals surface area contributed by atoms with Crippen LogP contribution >= 0.6 is 0 Å². The molecule has 196 valence electrons. The number of hydrogen-bond donors (Lipinski definition) is 2. The molecule has 0 aliphatic carbocycles. The molecule has 1 aliphatic heterocycles. The molecule has 6 rings (SSSR count). The van der Waals surface area contributed by atoms with Gasteiger partial charge >= 0.3 is 0 Å². The number of fused-ring (bicyclic) bond motifs is 2. The Morgan fingerprint density at radius 1 is 1.00 bits per heavy atom. The van der Waals surface area contributed by atoms with Crippen molar-refractivity contribution in [1.82, 2.24) is 20.2 Å². The van der Waals surface area contributed by atoms with Crippen LogP contribution in [-0.4, -0.2) is 33.3 Å². The maximum atomic E-state index is 4.72. The number of anilines is 1. The lowest BCUT2D eigenvalue weighted by molar-refractivity contribution is 0.579. The second-order valence-corrected chi connectivity index (χ2v) is 10.3. The van der Waals surface area contributed by atoms with Gasteiger partial charge in [-0.1, -0.05) is 61.2 Å². The molecule has 0 saturated carbocycles. The summed E-state index contributed by atoms with van der Waals surface area (Å²) < 4.78 is 0. The van der Waals surface area contributed by atoms with E-state index in [4.69, 9.17) is 5.10 Å². The molecule has 4 heterocycles. The number of piperidine rings is 1. The Labute approximate surface area is 230 Å². The van der Waals surface area contributed by atoms with Crippen molar-refractivity contribution in [3.63, 3.8) is 0 Å². The Morgan fingerprint density at radius 3 is 2.64 bits per heavy atom. The van der Waals surface area contributed by atoms with Crippen LogP contribution in [0.2, 0.25) is 0 Å². The molecular formula is C34H35N5. The van der Waals surface area contributed by atoms with E-state index in [0.29, 0.717) is 0 Å². The number of benzene rings is 2. The highest BCUT2D eigenvalue weighted by molar-refractivity contribution is 5.99. The van der Waals surface area contributed by atoms with Crippen molar-refractivity contribution >= 4 is 33.2 Å². The third-order valence-electron chi connectivity index (χ3n) is 7.82. The van der Waals surface area contributed by atoms with Crippen LogP contribution in [0.15, 0.2) is 97.2 Å². The van der Waals surface area contributed by atoms with Crippen LogP contribution in [0, 0.1) is 0 Å². The zero-order valence-corrected chi connectivity index (χ0v) is 22.6. The number of nitrogens with one attached hydrogen (secondary N) is 2. The molecule has 0 radical (unpaired) electrons. The lowest BCUT2D eigenvalue weighted by Crippen LogP contribution is -2.29. The molecule has 5 heteroatoms. The van der Waals surface area contributed by atoms with Gasteiger partial charge in [0.1, 0.15) is 11.3 Å². The number of aromatic amines is 2. The van der Waals surface area contributed by atoms with Crippen LogP contribution in [-0.2, 0) is 6.42 Å². The zero-order valence-electron chi connectivity index (χ0n) is 22.6. The molecule has 2 N–H and O–H groups in total. The SMILES string of the molecule is C=C/C(=C\C(=C/C)c1ccc2[nH]nc(-c3cc4c(N5CCCCC5)ccnc4[nH]3)c2c1)CCc1ccccc1. The van der Waals surface area contributed by atoms with E-state index < -0.39 is 0 Å². The maximum Gasteiger partial charge on any atom is 0.139 e. The fourth-order valence-corrected chi connectivity index (χ4v) is 5.65. The number of aryl methyl sites for hydroxylation is 1. The van der Waals surface area contributed by atoms with Gasteiger partial charge in [-0.3, -0.25) is 5.10 Å². The molecule has 1 fully saturated rings. The van der Waals surface area contributed by atoms with E-state index in [1.165, 1.54) is 41.7 Å². The van der Waals surface area contributed by atoms with Crippen molar-refractivity contribution in [2.45, 2.75) is 39.0 Å². The minimum atomic E-state index is 0.909. The van der Waals surface area contributed by atoms with Gasteiger partial charge < -0.3 is 9.88 Å². The first kappa shape index (κ1) is 24.9. The monoisotopic (exact) mass is 513 g/mol. The van der Waals surface area contributed by atoms with Gasteiger partial charge in [0.05, 0.1) is 11.2 Å². The highest BCUT2D eigenvalue weighted by Gasteiger charge is 2.18. The van der Waals surface area contributed by atoms with Gasteiger partial charge in [0.25, 0.3) is 0 Å². The molecule has 0 amide bonds. The van der Waals surface area contributed by atoms with Crippen LogP contribution in [0.1, 0.15) is 43.7 Å². The fourth-order valence-electron chi connectivity index (χ4n) is 5.65. The predicted molar refractivity (Wildman–Crippen MR) is 164 cm³/mol. The van der Waals surface area contributed by atoms with Gasteiger partial charge in [0, 0.05) is 35.7 Å². The van der Waals surface area contributed by atoms with Crippen LogP contribution in [0.5, 0.6) is 0 Å². The first-order valence-electron chi connectivity index (χ1n) is 14.0. The summed E-state index contributed by atoms with van der Waals surface area (Å²) in [6.45, 7) is 8.39. The molecule has 1 saturated heterocycles. The molecule has 5 aromatic rings. The Hall–Kier alpha value is -4.38. The summed E-state index contributed by atoms with van der Waals surface area (Å²) in [7, 11) is 0. The third kappa shape index (κ3) is 5.17. The quantitative estimate of drug-likeness (QED) is 0.205. The van der Waals surface area contributed by atoms with Gasteiger partial charge in [-0.05, 0) is 85.6 Å². The molecule has 1 aliphatic rings. The Bertz CT molecular complexity index is 1660. The summed E-state index contributed by atoms with van der Waals surface area (Å²) in [5.74, 6) is 0. The summed E-state index contributed by atoms with van der Waals surface area (Å²) in [6, 6.07) is 21.5. The average molecular weight is 514 g/mol. The second kappa shape index (κ2) is 11.2. The van der Waals surface area contributed by atoms with E-state index in [1.807, 2.05) is 12.3 Å². The van der Waals surface area contributed by atoms with E-state index in [9.17, 15) is 0 Å². The van der Waals surface area contributed by atoms with Crippen molar-refractivity contribution in [3.05, 3.63) is 108 Å². The van der Waals surface area contributed by atoms with Crippen LogP contribution < -0.4 is 4.90 Å². The summed E-state index contributed by atoms with van der Waals surface area (Å²) in [6.07, 6.45) is 14.1. The molecule has 0 spiro atoms.